The molecule has 1 atom stereocenters. The van der Waals surface area contributed by atoms with E-state index in [0.717, 1.165) is 11.1 Å². The van der Waals surface area contributed by atoms with Gasteiger partial charge in [-0.1, -0.05) is 35.3 Å². The van der Waals surface area contributed by atoms with E-state index in [-0.39, 0.29) is 5.91 Å². The van der Waals surface area contributed by atoms with Crippen LogP contribution in [0.1, 0.15) is 18.1 Å². The minimum absolute atomic E-state index is 0.311. The minimum Gasteiger partial charge on any atom is -0.481 e. The Kier molecular flexibility index (Phi) is 5.33. The highest BCUT2D eigenvalue weighted by Gasteiger charge is 2.17. The van der Waals surface area contributed by atoms with E-state index in [1.165, 1.54) is 0 Å². The van der Waals surface area contributed by atoms with Gasteiger partial charge in [0, 0.05) is 0 Å². The van der Waals surface area contributed by atoms with Crippen molar-refractivity contribution in [2.24, 2.45) is 0 Å². The predicted octanol–water partition coefficient (Wildman–Crippen LogP) is 5.02. The van der Waals surface area contributed by atoms with Crippen LogP contribution in [0.15, 0.2) is 36.4 Å². The number of halogens is 2. The molecule has 22 heavy (non-hydrogen) atoms. The molecule has 0 aliphatic carbocycles. The van der Waals surface area contributed by atoms with Crippen LogP contribution in [-0.4, -0.2) is 12.0 Å². The molecule has 0 bridgehead atoms. The molecular formula is C17H17Cl2NO2. The van der Waals surface area contributed by atoms with Gasteiger partial charge in [0.05, 0.1) is 15.7 Å². The lowest BCUT2D eigenvalue weighted by atomic mass is 10.1. The Hall–Kier alpha value is -1.71. The molecule has 0 aliphatic heterocycles. The summed E-state index contributed by atoms with van der Waals surface area (Å²) in [6, 6.07) is 10.9. The van der Waals surface area contributed by atoms with E-state index in [0.29, 0.717) is 21.5 Å². The second-order valence-electron chi connectivity index (χ2n) is 5.17. The maximum Gasteiger partial charge on any atom is 0.265 e. The van der Waals surface area contributed by atoms with Crippen molar-refractivity contribution in [3.63, 3.8) is 0 Å². The number of anilines is 1. The fourth-order valence-corrected chi connectivity index (χ4v) is 2.59. The highest BCUT2D eigenvalue weighted by molar-refractivity contribution is 6.39. The van der Waals surface area contributed by atoms with Crippen LogP contribution in [0.25, 0.3) is 0 Å². The molecule has 3 nitrogen and oxygen atoms in total. The van der Waals surface area contributed by atoms with E-state index < -0.39 is 6.10 Å². The number of para-hydroxylation sites is 1. The molecule has 0 unspecified atom stereocenters. The topological polar surface area (TPSA) is 38.3 Å². The lowest BCUT2D eigenvalue weighted by molar-refractivity contribution is -0.122. The first-order chi connectivity index (χ1) is 10.4. The molecule has 0 spiro atoms. The van der Waals surface area contributed by atoms with Crippen LogP contribution in [0.3, 0.4) is 0 Å². The van der Waals surface area contributed by atoms with Gasteiger partial charge in [-0.15, -0.1) is 0 Å². The van der Waals surface area contributed by atoms with Crippen molar-refractivity contribution in [2.45, 2.75) is 26.9 Å². The van der Waals surface area contributed by atoms with Crippen LogP contribution in [0.5, 0.6) is 5.75 Å². The van der Waals surface area contributed by atoms with Gasteiger partial charge in [0.2, 0.25) is 0 Å². The van der Waals surface area contributed by atoms with Gasteiger partial charge >= 0.3 is 0 Å². The molecule has 0 saturated carbocycles. The average molecular weight is 338 g/mol. The Morgan fingerprint density at radius 2 is 1.64 bits per heavy atom. The van der Waals surface area contributed by atoms with E-state index in [2.05, 4.69) is 5.32 Å². The first kappa shape index (κ1) is 16.7. The molecular weight excluding hydrogens is 321 g/mol. The highest BCUT2D eigenvalue weighted by Crippen LogP contribution is 2.30. The number of rotatable bonds is 4. The lowest BCUT2D eigenvalue weighted by Crippen LogP contribution is -2.30. The van der Waals surface area contributed by atoms with E-state index in [1.54, 1.807) is 25.1 Å². The third-order valence-electron chi connectivity index (χ3n) is 3.09. The summed E-state index contributed by atoms with van der Waals surface area (Å²) in [6.07, 6.45) is -0.673. The van der Waals surface area contributed by atoms with Crippen LogP contribution in [0, 0.1) is 13.8 Å². The van der Waals surface area contributed by atoms with Gasteiger partial charge in [0.1, 0.15) is 5.75 Å². The molecule has 5 heteroatoms. The zero-order chi connectivity index (χ0) is 16.3. The number of ether oxygens (including phenoxy) is 1. The Morgan fingerprint density at radius 3 is 2.18 bits per heavy atom. The van der Waals surface area contributed by atoms with E-state index >= 15 is 0 Å². The van der Waals surface area contributed by atoms with Gasteiger partial charge in [-0.25, -0.2) is 0 Å². The molecule has 2 rings (SSSR count). The summed E-state index contributed by atoms with van der Waals surface area (Å²) in [5.74, 6) is 0.347. The van der Waals surface area contributed by atoms with E-state index in [9.17, 15) is 4.79 Å². The number of nitrogens with one attached hydrogen (secondary N) is 1. The van der Waals surface area contributed by atoms with Crippen molar-refractivity contribution in [2.75, 3.05) is 5.32 Å². The Morgan fingerprint density at radius 1 is 1.09 bits per heavy atom. The highest BCUT2D eigenvalue weighted by atomic mass is 35.5. The second kappa shape index (κ2) is 7.03. The van der Waals surface area contributed by atoms with Gasteiger partial charge in [-0.3, -0.25) is 4.79 Å². The molecule has 0 radical (unpaired) electrons. The standard InChI is InChI=1S/C17H17Cl2NO2/c1-10-7-11(2)9-13(8-10)22-12(3)17(21)20-16-14(18)5-4-6-15(16)19/h4-9,12H,1-3H3,(H,20,21)/t12-/m0/s1. The van der Waals surface area contributed by atoms with E-state index in [4.69, 9.17) is 27.9 Å². The SMILES string of the molecule is Cc1cc(C)cc(O[C@@H](C)C(=O)Nc2c(Cl)cccc2Cl)c1. The van der Waals surface area contributed by atoms with Crippen molar-refractivity contribution in [3.05, 3.63) is 57.6 Å². The average Bonchev–Trinajstić information content (AvgIpc) is 2.41. The molecule has 0 aromatic heterocycles. The predicted molar refractivity (Wildman–Crippen MR) is 91.1 cm³/mol. The maximum absolute atomic E-state index is 12.2. The van der Waals surface area contributed by atoms with Crippen LogP contribution >= 0.6 is 23.2 Å². The minimum atomic E-state index is -0.673. The number of carbonyl (C=O) groups is 1. The molecule has 0 fully saturated rings. The van der Waals surface area contributed by atoms with Crippen molar-refractivity contribution < 1.29 is 9.53 Å². The summed E-state index contributed by atoms with van der Waals surface area (Å²) in [7, 11) is 0. The number of hydrogen-bond acceptors (Lipinski definition) is 2. The van der Waals surface area contributed by atoms with Gasteiger partial charge < -0.3 is 10.1 Å². The maximum atomic E-state index is 12.2. The van der Waals surface area contributed by atoms with Gasteiger partial charge in [0.25, 0.3) is 5.91 Å². The summed E-state index contributed by atoms with van der Waals surface area (Å²) in [5.41, 5.74) is 2.56. The van der Waals surface area contributed by atoms with Crippen LogP contribution in [0.2, 0.25) is 10.0 Å². The molecule has 116 valence electrons. The van der Waals surface area contributed by atoms with Crippen molar-refractivity contribution in [3.8, 4) is 5.75 Å². The summed E-state index contributed by atoms with van der Waals surface area (Å²) >= 11 is 12.1. The summed E-state index contributed by atoms with van der Waals surface area (Å²) in [6.45, 7) is 5.64. The zero-order valence-corrected chi connectivity index (χ0v) is 14.1. The normalized spacial score (nSPS) is 11.9. The van der Waals surface area contributed by atoms with Crippen molar-refractivity contribution in [1.82, 2.24) is 0 Å². The summed E-state index contributed by atoms with van der Waals surface area (Å²) < 4.78 is 5.69. The number of amides is 1. The number of carbonyl (C=O) groups excluding carboxylic acids is 1. The second-order valence-corrected chi connectivity index (χ2v) is 5.98. The Labute approximate surface area is 140 Å². The lowest BCUT2D eigenvalue weighted by Gasteiger charge is -2.16. The number of hydrogen-bond donors (Lipinski definition) is 1. The fraction of sp³-hybridized carbons (Fsp3) is 0.235. The fourth-order valence-electron chi connectivity index (χ4n) is 2.10. The molecule has 0 aliphatic rings. The van der Waals surface area contributed by atoms with Crippen molar-refractivity contribution >= 4 is 34.8 Å². The smallest absolute Gasteiger partial charge is 0.265 e. The van der Waals surface area contributed by atoms with Gasteiger partial charge in [0.15, 0.2) is 6.10 Å². The van der Waals surface area contributed by atoms with Crippen LogP contribution in [0.4, 0.5) is 5.69 Å². The van der Waals surface area contributed by atoms with Gasteiger partial charge in [-0.05, 0) is 56.2 Å². The monoisotopic (exact) mass is 337 g/mol. The molecule has 2 aromatic rings. The molecule has 1 N–H and O–H groups in total. The molecule has 0 heterocycles. The third-order valence-corrected chi connectivity index (χ3v) is 3.72. The molecule has 1 amide bonds. The van der Waals surface area contributed by atoms with Gasteiger partial charge in [-0.2, -0.15) is 0 Å². The van der Waals surface area contributed by atoms with Crippen molar-refractivity contribution in [1.29, 1.82) is 0 Å². The first-order valence-electron chi connectivity index (χ1n) is 6.86. The summed E-state index contributed by atoms with van der Waals surface area (Å²) in [5, 5.41) is 3.48. The zero-order valence-electron chi connectivity index (χ0n) is 12.6. The van der Waals surface area contributed by atoms with E-state index in [1.807, 2.05) is 32.0 Å². The first-order valence-corrected chi connectivity index (χ1v) is 7.62. The largest absolute Gasteiger partial charge is 0.481 e. The quantitative estimate of drug-likeness (QED) is 0.850. The summed E-state index contributed by atoms with van der Waals surface area (Å²) in [4.78, 5) is 12.2. The van der Waals surface area contributed by atoms with Crippen LogP contribution in [-0.2, 0) is 4.79 Å². The third kappa shape index (κ3) is 4.15. The Bertz CT molecular complexity index is 661. The number of aryl methyl sites for hydroxylation is 2. The molecule has 2 aromatic carbocycles. The van der Waals surface area contributed by atoms with Crippen LogP contribution < -0.4 is 10.1 Å². The number of benzene rings is 2. The molecule has 0 saturated heterocycles. The Balaban J connectivity index is 2.09.